The fourth-order valence-corrected chi connectivity index (χ4v) is 3.91. The number of nitrogens with one attached hydrogen (secondary N) is 1. The summed E-state index contributed by atoms with van der Waals surface area (Å²) in [4.78, 5) is 18.6. The summed E-state index contributed by atoms with van der Waals surface area (Å²) in [5.74, 6) is -0.346. The predicted octanol–water partition coefficient (Wildman–Crippen LogP) is 4.73. The number of hydrogen-bond donors (Lipinski definition) is 1. The van der Waals surface area contributed by atoms with Crippen LogP contribution in [0.4, 0.5) is 13.2 Å². The van der Waals surface area contributed by atoms with Gasteiger partial charge in [-0.3, -0.25) is 9.78 Å². The van der Waals surface area contributed by atoms with Crippen LogP contribution in [-0.2, 0) is 26.2 Å². The number of pyridine rings is 1. The van der Waals surface area contributed by atoms with Crippen LogP contribution >= 0.6 is 0 Å². The van der Waals surface area contributed by atoms with Crippen LogP contribution < -0.4 is 10.1 Å². The van der Waals surface area contributed by atoms with Gasteiger partial charge in [-0.2, -0.15) is 0 Å². The van der Waals surface area contributed by atoms with Crippen molar-refractivity contribution in [2.24, 2.45) is 0 Å². The fourth-order valence-electron chi connectivity index (χ4n) is 3.91. The summed E-state index contributed by atoms with van der Waals surface area (Å²) in [6.45, 7) is 4.10. The van der Waals surface area contributed by atoms with Gasteiger partial charge in [0, 0.05) is 44.1 Å². The number of alkyl halides is 3. The molecule has 0 saturated heterocycles. The SMILES string of the molecule is Cc1cc(CNCc2ccncc2)cc2c1C(=O)N(Cc1ccc(OC(F)(F)F)cc1)C2. The van der Waals surface area contributed by atoms with Gasteiger partial charge in [0.2, 0.25) is 0 Å². The monoisotopic (exact) mass is 441 g/mol. The van der Waals surface area contributed by atoms with Gasteiger partial charge in [0.15, 0.2) is 0 Å². The average molecular weight is 441 g/mol. The van der Waals surface area contributed by atoms with Crippen LogP contribution in [0.3, 0.4) is 0 Å². The fraction of sp³-hybridized carbons (Fsp3) is 0.250. The molecule has 1 aliphatic rings. The van der Waals surface area contributed by atoms with Crippen LogP contribution in [0.5, 0.6) is 5.75 Å². The molecule has 0 saturated carbocycles. The van der Waals surface area contributed by atoms with Crippen LogP contribution in [0.1, 0.15) is 38.2 Å². The first-order valence-corrected chi connectivity index (χ1v) is 10.1. The first kappa shape index (κ1) is 21.8. The zero-order chi connectivity index (χ0) is 22.7. The van der Waals surface area contributed by atoms with Crippen molar-refractivity contribution >= 4 is 5.91 Å². The molecular weight excluding hydrogens is 419 g/mol. The van der Waals surface area contributed by atoms with Crippen LogP contribution in [0, 0.1) is 6.92 Å². The maximum absolute atomic E-state index is 12.9. The van der Waals surface area contributed by atoms with Gasteiger partial charge in [-0.25, -0.2) is 0 Å². The lowest BCUT2D eigenvalue weighted by atomic mass is 10.0. The van der Waals surface area contributed by atoms with E-state index in [2.05, 4.69) is 15.0 Å². The average Bonchev–Trinajstić information content (AvgIpc) is 3.05. The largest absolute Gasteiger partial charge is 0.573 e. The topological polar surface area (TPSA) is 54.5 Å². The van der Waals surface area contributed by atoms with Crippen LogP contribution in [0.25, 0.3) is 0 Å². The molecule has 4 rings (SSSR count). The van der Waals surface area contributed by atoms with Gasteiger partial charge in [0.1, 0.15) is 5.75 Å². The number of halogens is 3. The second kappa shape index (κ2) is 9.00. The van der Waals surface area contributed by atoms with Gasteiger partial charge < -0.3 is 15.0 Å². The standard InChI is InChI=1S/C24H22F3N3O2/c1-16-10-19(13-29-12-17-6-8-28-9-7-17)11-20-15-30(23(31)22(16)20)14-18-2-4-21(5-3-18)32-24(25,26)27/h2-11,29H,12-15H2,1H3. The molecule has 1 N–H and O–H groups in total. The smallest absolute Gasteiger partial charge is 0.406 e. The second-order valence-corrected chi connectivity index (χ2v) is 7.76. The van der Waals surface area contributed by atoms with Gasteiger partial charge in [-0.15, -0.1) is 13.2 Å². The summed E-state index contributed by atoms with van der Waals surface area (Å²) < 4.78 is 40.9. The first-order valence-electron chi connectivity index (χ1n) is 10.1. The lowest BCUT2D eigenvalue weighted by molar-refractivity contribution is -0.274. The number of aryl methyl sites for hydroxylation is 1. The number of carbonyl (C=O) groups excluding carboxylic acids is 1. The zero-order valence-electron chi connectivity index (χ0n) is 17.4. The highest BCUT2D eigenvalue weighted by Crippen LogP contribution is 2.29. The normalized spacial score (nSPS) is 13.4. The number of rotatable bonds is 7. The summed E-state index contributed by atoms with van der Waals surface area (Å²) in [5.41, 5.74) is 5.57. The molecule has 8 heteroatoms. The Balaban J connectivity index is 1.40. The summed E-state index contributed by atoms with van der Waals surface area (Å²) >= 11 is 0. The third kappa shape index (κ3) is 5.26. The van der Waals surface area contributed by atoms with Crippen molar-refractivity contribution < 1.29 is 22.7 Å². The van der Waals surface area contributed by atoms with Crippen molar-refractivity contribution in [1.82, 2.24) is 15.2 Å². The summed E-state index contributed by atoms with van der Waals surface area (Å²) in [6.07, 6.45) is -1.21. The molecule has 3 aromatic rings. The molecule has 0 spiro atoms. The van der Waals surface area contributed by atoms with E-state index in [0.717, 1.165) is 34.4 Å². The minimum absolute atomic E-state index is 0.0654. The molecule has 0 atom stereocenters. The molecule has 5 nitrogen and oxygen atoms in total. The highest BCUT2D eigenvalue weighted by molar-refractivity contribution is 5.99. The Morgan fingerprint density at radius 2 is 1.69 bits per heavy atom. The van der Waals surface area contributed by atoms with Crippen molar-refractivity contribution in [3.63, 3.8) is 0 Å². The highest BCUT2D eigenvalue weighted by atomic mass is 19.4. The van der Waals surface area contributed by atoms with Crippen molar-refractivity contribution in [3.8, 4) is 5.75 Å². The molecule has 166 valence electrons. The van der Waals surface area contributed by atoms with E-state index in [-0.39, 0.29) is 11.7 Å². The van der Waals surface area contributed by atoms with Gasteiger partial charge in [-0.05, 0) is 59.0 Å². The summed E-state index contributed by atoms with van der Waals surface area (Å²) in [7, 11) is 0. The van der Waals surface area contributed by atoms with Crippen LogP contribution in [-0.4, -0.2) is 22.2 Å². The van der Waals surface area contributed by atoms with E-state index in [0.29, 0.717) is 25.2 Å². The predicted molar refractivity (Wildman–Crippen MR) is 113 cm³/mol. The lowest BCUT2D eigenvalue weighted by Gasteiger charge is -2.16. The van der Waals surface area contributed by atoms with Gasteiger partial charge in [0.25, 0.3) is 5.91 Å². The maximum Gasteiger partial charge on any atom is 0.573 e. The number of aromatic nitrogens is 1. The number of fused-ring (bicyclic) bond motifs is 1. The second-order valence-electron chi connectivity index (χ2n) is 7.76. The van der Waals surface area contributed by atoms with E-state index in [9.17, 15) is 18.0 Å². The third-order valence-electron chi connectivity index (χ3n) is 5.28. The Morgan fingerprint density at radius 3 is 2.38 bits per heavy atom. The van der Waals surface area contributed by atoms with Crippen molar-refractivity contribution in [1.29, 1.82) is 0 Å². The Kier molecular flexibility index (Phi) is 6.14. The molecule has 1 aliphatic heterocycles. The summed E-state index contributed by atoms with van der Waals surface area (Å²) in [6, 6.07) is 13.6. The third-order valence-corrected chi connectivity index (χ3v) is 5.28. The van der Waals surface area contributed by atoms with Crippen LogP contribution in [0.2, 0.25) is 0 Å². The molecule has 1 aromatic heterocycles. The number of carbonyl (C=O) groups is 1. The number of ether oxygens (including phenoxy) is 1. The minimum Gasteiger partial charge on any atom is -0.406 e. The molecule has 32 heavy (non-hydrogen) atoms. The van der Waals surface area contributed by atoms with Crippen molar-refractivity contribution in [2.75, 3.05) is 0 Å². The Bertz CT molecular complexity index is 1100. The number of hydrogen-bond acceptors (Lipinski definition) is 4. The molecular formula is C24H22F3N3O2. The van der Waals surface area contributed by atoms with E-state index in [4.69, 9.17) is 0 Å². The molecule has 0 aliphatic carbocycles. The first-order chi connectivity index (χ1) is 15.3. The quantitative estimate of drug-likeness (QED) is 0.576. The molecule has 0 fully saturated rings. The molecule has 1 amide bonds. The Morgan fingerprint density at radius 1 is 1.00 bits per heavy atom. The molecule has 0 radical (unpaired) electrons. The van der Waals surface area contributed by atoms with Gasteiger partial charge in [-0.1, -0.05) is 24.3 Å². The molecule has 2 aromatic carbocycles. The van der Waals surface area contributed by atoms with E-state index < -0.39 is 6.36 Å². The molecule has 2 heterocycles. The Labute approximate surface area is 183 Å². The number of nitrogens with zero attached hydrogens (tertiary/aromatic N) is 2. The van der Waals surface area contributed by atoms with Crippen molar-refractivity contribution in [3.05, 3.63) is 94.3 Å². The highest BCUT2D eigenvalue weighted by Gasteiger charge is 2.31. The van der Waals surface area contributed by atoms with E-state index in [1.54, 1.807) is 29.4 Å². The minimum atomic E-state index is -4.73. The Hall–Kier alpha value is -3.39. The molecule has 0 bridgehead atoms. The van der Waals surface area contributed by atoms with Crippen LogP contribution in [0.15, 0.2) is 60.9 Å². The van der Waals surface area contributed by atoms with Gasteiger partial charge >= 0.3 is 6.36 Å². The lowest BCUT2D eigenvalue weighted by Crippen LogP contribution is -2.23. The van der Waals surface area contributed by atoms with Gasteiger partial charge in [0.05, 0.1) is 0 Å². The summed E-state index contributed by atoms with van der Waals surface area (Å²) in [5, 5.41) is 3.40. The number of benzene rings is 2. The number of amides is 1. The maximum atomic E-state index is 12.9. The van der Waals surface area contributed by atoms with E-state index >= 15 is 0 Å². The van der Waals surface area contributed by atoms with Crippen molar-refractivity contribution in [2.45, 2.75) is 39.5 Å². The zero-order valence-corrected chi connectivity index (χ0v) is 17.4. The van der Waals surface area contributed by atoms with E-state index in [1.165, 1.54) is 12.1 Å². The molecule has 0 unspecified atom stereocenters. The van der Waals surface area contributed by atoms with E-state index in [1.807, 2.05) is 31.2 Å².